The fourth-order valence-corrected chi connectivity index (χ4v) is 2.18. The van der Waals surface area contributed by atoms with Crippen molar-refractivity contribution in [3.05, 3.63) is 77.5 Å². The van der Waals surface area contributed by atoms with Crippen molar-refractivity contribution in [2.75, 3.05) is 5.32 Å². The van der Waals surface area contributed by atoms with Crippen molar-refractivity contribution in [3.8, 4) is 11.6 Å². The van der Waals surface area contributed by atoms with Crippen LogP contribution >= 0.6 is 0 Å². The average molecular weight is 348 g/mol. The van der Waals surface area contributed by atoms with Crippen molar-refractivity contribution in [2.45, 2.75) is 6.92 Å². The van der Waals surface area contributed by atoms with Gasteiger partial charge in [-0.15, -0.1) is 5.10 Å². The minimum absolute atomic E-state index is 0.308. The van der Waals surface area contributed by atoms with Crippen LogP contribution in [0.3, 0.4) is 0 Å². The number of carbonyl (C=O) groups excluding carboxylic acids is 2. The van der Waals surface area contributed by atoms with Crippen molar-refractivity contribution in [2.24, 2.45) is 5.73 Å². The van der Waals surface area contributed by atoms with Gasteiger partial charge < -0.3 is 15.8 Å². The first-order valence-corrected chi connectivity index (χ1v) is 7.81. The van der Waals surface area contributed by atoms with E-state index in [2.05, 4.69) is 15.5 Å². The van der Waals surface area contributed by atoms with Crippen molar-refractivity contribution < 1.29 is 14.3 Å². The molecule has 3 N–H and O–H groups in total. The Labute approximate surface area is 149 Å². The van der Waals surface area contributed by atoms with Gasteiger partial charge in [0.2, 0.25) is 11.8 Å². The van der Waals surface area contributed by atoms with Crippen LogP contribution in [0.15, 0.2) is 60.7 Å². The second-order valence-electron chi connectivity index (χ2n) is 5.54. The third kappa shape index (κ3) is 4.21. The number of anilines is 1. The Bertz CT molecular complexity index is 938. The number of nitrogens with one attached hydrogen (secondary N) is 1. The van der Waals surface area contributed by atoms with Gasteiger partial charge in [-0.25, -0.2) is 0 Å². The second kappa shape index (κ2) is 7.43. The van der Waals surface area contributed by atoms with Gasteiger partial charge in [0, 0.05) is 22.9 Å². The summed E-state index contributed by atoms with van der Waals surface area (Å²) in [6.45, 7) is 1.83. The molecular formula is C19H16N4O3. The van der Waals surface area contributed by atoms with E-state index in [1.54, 1.807) is 60.7 Å². The van der Waals surface area contributed by atoms with Crippen LogP contribution in [0.25, 0.3) is 0 Å². The first kappa shape index (κ1) is 17.1. The maximum Gasteiger partial charge on any atom is 0.255 e. The van der Waals surface area contributed by atoms with Crippen LogP contribution in [0.2, 0.25) is 0 Å². The number of amides is 2. The van der Waals surface area contributed by atoms with Crippen molar-refractivity contribution in [3.63, 3.8) is 0 Å². The number of primary amides is 1. The van der Waals surface area contributed by atoms with Gasteiger partial charge in [-0.3, -0.25) is 9.59 Å². The summed E-state index contributed by atoms with van der Waals surface area (Å²) < 4.78 is 5.61. The smallest absolute Gasteiger partial charge is 0.255 e. The van der Waals surface area contributed by atoms with Gasteiger partial charge in [0.05, 0.1) is 5.69 Å². The number of rotatable bonds is 5. The average Bonchev–Trinajstić information content (AvgIpc) is 2.64. The molecule has 26 heavy (non-hydrogen) atoms. The van der Waals surface area contributed by atoms with E-state index in [1.165, 1.54) is 0 Å². The highest BCUT2D eigenvalue weighted by atomic mass is 16.5. The molecule has 130 valence electrons. The molecule has 7 nitrogen and oxygen atoms in total. The molecule has 3 rings (SSSR count). The fourth-order valence-electron chi connectivity index (χ4n) is 2.18. The summed E-state index contributed by atoms with van der Waals surface area (Å²) >= 11 is 0. The van der Waals surface area contributed by atoms with Gasteiger partial charge in [0.15, 0.2) is 0 Å². The molecule has 3 aromatic rings. The summed E-state index contributed by atoms with van der Waals surface area (Å²) in [5, 5.41) is 10.6. The molecule has 0 spiro atoms. The molecule has 0 saturated heterocycles. The van der Waals surface area contributed by atoms with Crippen LogP contribution in [0.1, 0.15) is 26.4 Å². The minimum Gasteiger partial charge on any atom is -0.438 e. The third-order valence-corrected chi connectivity index (χ3v) is 3.52. The first-order valence-electron chi connectivity index (χ1n) is 7.81. The molecule has 1 heterocycles. The van der Waals surface area contributed by atoms with E-state index in [0.717, 1.165) is 5.69 Å². The SMILES string of the molecule is Cc1ccc(Oc2cccc(C(=O)Nc3ccc(C(N)=O)cc3)c2)nn1. The molecule has 2 amide bonds. The Morgan fingerprint density at radius 3 is 2.38 bits per heavy atom. The Morgan fingerprint density at radius 1 is 0.962 bits per heavy atom. The van der Waals surface area contributed by atoms with Crippen molar-refractivity contribution >= 4 is 17.5 Å². The topological polar surface area (TPSA) is 107 Å². The number of hydrogen-bond acceptors (Lipinski definition) is 5. The fraction of sp³-hybridized carbons (Fsp3) is 0.0526. The lowest BCUT2D eigenvalue weighted by atomic mass is 10.1. The lowest BCUT2D eigenvalue weighted by molar-refractivity contribution is 0.0998. The molecule has 0 bridgehead atoms. The minimum atomic E-state index is -0.521. The summed E-state index contributed by atoms with van der Waals surface area (Å²) in [4.78, 5) is 23.5. The van der Waals surface area contributed by atoms with Gasteiger partial charge in [-0.1, -0.05) is 6.07 Å². The number of nitrogens with zero attached hydrogens (tertiary/aromatic N) is 2. The molecule has 0 aliphatic rings. The molecule has 2 aromatic carbocycles. The zero-order valence-electron chi connectivity index (χ0n) is 14.0. The van der Waals surface area contributed by atoms with Gasteiger partial charge in [0.25, 0.3) is 5.91 Å². The monoisotopic (exact) mass is 348 g/mol. The number of carbonyl (C=O) groups is 2. The van der Waals surface area contributed by atoms with Crippen molar-refractivity contribution in [1.82, 2.24) is 10.2 Å². The van der Waals surface area contributed by atoms with E-state index in [-0.39, 0.29) is 5.91 Å². The molecule has 0 saturated carbocycles. The lowest BCUT2D eigenvalue weighted by Crippen LogP contribution is -2.13. The standard InChI is InChI=1S/C19H16N4O3/c1-12-5-10-17(23-22-12)26-16-4-2-3-14(11-16)19(25)21-15-8-6-13(7-9-15)18(20)24/h2-11H,1H3,(H2,20,24)(H,21,25). The maximum atomic E-state index is 12.4. The molecule has 0 aliphatic heterocycles. The Morgan fingerprint density at radius 2 is 1.73 bits per heavy atom. The highest BCUT2D eigenvalue weighted by Gasteiger charge is 2.09. The van der Waals surface area contributed by atoms with Crippen molar-refractivity contribution in [1.29, 1.82) is 0 Å². The van der Waals surface area contributed by atoms with Gasteiger partial charge in [-0.05, 0) is 55.5 Å². The van der Waals surface area contributed by atoms with E-state index in [9.17, 15) is 9.59 Å². The highest BCUT2D eigenvalue weighted by molar-refractivity contribution is 6.04. The molecule has 0 aliphatic carbocycles. The van der Waals surface area contributed by atoms with Gasteiger partial charge in [-0.2, -0.15) is 5.10 Å². The molecule has 0 fully saturated rings. The normalized spacial score (nSPS) is 10.2. The van der Waals surface area contributed by atoms with Crippen LogP contribution in [-0.2, 0) is 0 Å². The Hall–Kier alpha value is -3.74. The third-order valence-electron chi connectivity index (χ3n) is 3.52. The van der Waals surface area contributed by atoms with Crippen LogP contribution in [0.4, 0.5) is 5.69 Å². The molecule has 0 atom stereocenters. The van der Waals surface area contributed by atoms with Gasteiger partial charge >= 0.3 is 0 Å². The van der Waals surface area contributed by atoms with Crippen LogP contribution in [-0.4, -0.2) is 22.0 Å². The maximum absolute atomic E-state index is 12.4. The number of aryl methyl sites for hydroxylation is 1. The van der Waals surface area contributed by atoms with Crippen LogP contribution in [0, 0.1) is 6.92 Å². The predicted molar refractivity (Wildman–Crippen MR) is 96.2 cm³/mol. The summed E-state index contributed by atoms with van der Waals surface area (Å²) in [5.74, 6) is -0.0146. The zero-order valence-corrected chi connectivity index (χ0v) is 14.0. The lowest BCUT2D eigenvalue weighted by Gasteiger charge is -2.08. The van der Waals surface area contributed by atoms with Crippen LogP contribution in [0.5, 0.6) is 11.6 Å². The molecule has 1 aromatic heterocycles. The number of aromatic nitrogens is 2. The Kier molecular flexibility index (Phi) is 4.89. The van der Waals surface area contributed by atoms with Gasteiger partial charge in [0.1, 0.15) is 5.75 Å². The number of nitrogens with two attached hydrogens (primary N) is 1. The van der Waals surface area contributed by atoms with E-state index in [4.69, 9.17) is 10.5 Å². The van der Waals surface area contributed by atoms with E-state index >= 15 is 0 Å². The first-order chi connectivity index (χ1) is 12.5. The summed E-state index contributed by atoms with van der Waals surface area (Å²) in [6, 6.07) is 16.5. The summed E-state index contributed by atoms with van der Waals surface area (Å²) in [5.41, 5.74) is 7.32. The molecular weight excluding hydrogens is 332 g/mol. The second-order valence-corrected chi connectivity index (χ2v) is 5.54. The van der Waals surface area contributed by atoms with E-state index in [1.807, 2.05) is 6.92 Å². The van der Waals surface area contributed by atoms with E-state index < -0.39 is 5.91 Å². The van der Waals surface area contributed by atoms with Crippen LogP contribution < -0.4 is 15.8 Å². The number of benzene rings is 2. The Balaban J connectivity index is 1.71. The zero-order chi connectivity index (χ0) is 18.5. The highest BCUT2D eigenvalue weighted by Crippen LogP contribution is 2.21. The number of hydrogen-bond donors (Lipinski definition) is 2. The summed E-state index contributed by atoms with van der Waals surface area (Å²) in [6.07, 6.45) is 0. The molecule has 0 unspecified atom stereocenters. The molecule has 7 heteroatoms. The molecule has 0 radical (unpaired) electrons. The predicted octanol–water partition coefficient (Wildman–Crippen LogP) is 2.93. The quantitative estimate of drug-likeness (QED) is 0.737. The largest absolute Gasteiger partial charge is 0.438 e. The van der Waals surface area contributed by atoms with E-state index in [0.29, 0.717) is 28.4 Å². The summed E-state index contributed by atoms with van der Waals surface area (Å²) in [7, 11) is 0. The number of ether oxygens (including phenoxy) is 1.